The Morgan fingerprint density at radius 1 is 1.55 bits per heavy atom. The number of nitrogens with two attached hydrogens (primary N) is 1. The maximum Gasteiger partial charge on any atom is 0.221 e. The van der Waals surface area contributed by atoms with Crippen molar-refractivity contribution >= 4 is 21.9 Å². The van der Waals surface area contributed by atoms with E-state index in [-0.39, 0.29) is 11.6 Å². The summed E-state index contributed by atoms with van der Waals surface area (Å²) in [5.41, 5.74) is 6.26. The van der Waals surface area contributed by atoms with Crippen molar-refractivity contribution < 1.29 is 0 Å². The lowest BCUT2D eigenvalue weighted by molar-refractivity contribution is 1.08. The monoisotopic (exact) mass is 212 g/mol. The molecule has 0 radical (unpaired) electrons. The average Bonchev–Trinajstić information content (AvgIpc) is 1.96. The van der Waals surface area contributed by atoms with Crippen LogP contribution in [0.4, 0.5) is 5.95 Å². The first-order valence-corrected chi connectivity index (χ1v) is 3.64. The fourth-order valence-electron chi connectivity index (χ4n) is 0.655. The van der Waals surface area contributed by atoms with Gasteiger partial charge in [0.2, 0.25) is 5.95 Å². The summed E-state index contributed by atoms with van der Waals surface area (Å²) >= 11 is 3.17. The van der Waals surface area contributed by atoms with Crippen molar-refractivity contribution in [2.75, 3.05) is 5.73 Å². The number of rotatable bonds is 0. The van der Waals surface area contributed by atoms with E-state index in [0.717, 1.165) is 0 Å². The number of hydrogen-bond acceptors (Lipinski definition) is 4. The van der Waals surface area contributed by atoms with Crippen LogP contribution in [-0.4, -0.2) is 9.97 Å². The summed E-state index contributed by atoms with van der Waals surface area (Å²) in [6.45, 7) is 1.75. The molecule has 0 aliphatic carbocycles. The first kappa shape index (κ1) is 7.95. The van der Waals surface area contributed by atoms with E-state index in [1.54, 1.807) is 6.92 Å². The van der Waals surface area contributed by atoms with Crippen LogP contribution in [0.2, 0.25) is 0 Å². The molecule has 0 spiro atoms. The summed E-state index contributed by atoms with van der Waals surface area (Å²) in [6, 6.07) is 1.90. The van der Waals surface area contributed by atoms with Crippen LogP contribution in [0.5, 0.6) is 0 Å². The molecule has 11 heavy (non-hydrogen) atoms. The average molecular weight is 213 g/mol. The Labute approximate surface area is 72.2 Å². The van der Waals surface area contributed by atoms with Crippen molar-refractivity contribution in [1.82, 2.24) is 9.97 Å². The van der Waals surface area contributed by atoms with Crippen LogP contribution in [-0.2, 0) is 0 Å². The Hall–Kier alpha value is -1.15. The summed E-state index contributed by atoms with van der Waals surface area (Å²) in [5, 5.41) is 8.54. The molecule has 0 atom stereocenters. The number of aryl methyl sites for hydroxylation is 1. The van der Waals surface area contributed by atoms with Gasteiger partial charge in [-0.05, 0) is 22.9 Å². The summed E-state index contributed by atoms with van der Waals surface area (Å²) < 4.78 is 0.606. The van der Waals surface area contributed by atoms with E-state index < -0.39 is 0 Å². The van der Waals surface area contributed by atoms with Gasteiger partial charge in [-0.25, -0.2) is 9.97 Å². The predicted molar refractivity (Wildman–Crippen MR) is 43.6 cm³/mol. The van der Waals surface area contributed by atoms with E-state index in [4.69, 9.17) is 11.0 Å². The Balaban J connectivity index is 3.39. The standard InChI is InChI=1S/C6H5BrN4/c1-3-5(7)4(2-8)11-6(9)10-3/h1H3,(H2,9,10,11). The molecule has 0 fully saturated rings. The molecule has 1 aromatic heterocycles. The Morgan fingerprint density at radius 3 is 2.73 bits per heavy atom. The zero-order valence-corrected chi connectivity index (χ0v) is 7.38. The van der Waals surface area contributed by atoms with E-state index in [1.807, 2.05) is 6.07 Å². The number of hydrogen-bond donors (Lipinski definition) is 1. The minimum Gasteiger partial charge on any atom is -0.368 e. The molecular formula is C6H5BrN4. The van der Waals surface area contributed by atoms with E-state index in [2.05, 4.69) is 25.9 Å². The molecule has 0 aliphatic rings. The quantitative estimate of drug-likeness (QED) is 0.697. The van der Waals surface area contributed by atoms with Gasteiger partial charge < -0.3 is 5.73 Å². The lowest BCUT2D eigenvalue weighted by Crippen LogP contribution is -2.00. The Bertz CT molecular complexity index is 328. The van der Waals surface area contributed by atoms with Crippen molar-refractivity contribution in [2.45, 2.75) is 6.92 Å². The molecular weight excluding hydrogens is 208 g/mol. The van der Waals surface area contributed by atoms with E-state index in [0.29, 0.717) is 10.2 Å². The second kappa shape index (κ2) is 2.84. The van der Waals surface area contributed by atoms with E-state index in [1.165, 1.54) is 0 Å². The molecule has 0 aromatic carbocycles. The normalized spacial score (nSPS) is 9.18. The van der Waals surface area contributed by atoms with Crippen LogP contribution >= 0.6 is 15.9 Å². The van der Waals surface area contributed by atoms with Gasteiger partial charge in [-0.1, -0.05) is 0 Å². The molecule has 0 aliphatic heterocycles. The van der Waals surface area contributed by atoms with Gasteiger partial charge in [0.15, 0.2) is 5.69 Å². The van der Waals surface area contributed by atoms with Gasteiger partial charge in [0.25, 0.3) is 0 Å². The zero-order valence-electron chi connectivity index (χ0n) is 5.80. The highest BCUT2D eigenvalue weighted by Crippen LogP contribution is 2.17. The molecule has 2 N–H and O–H groups in total. The lowest BCUT2D eigenvalue weighted by atomic mass is 10.3. The number of anilines is 1. The predicted octanol–water partition coefficient (Wildman–Crippen LogP) is 1.00. The minimum absolute atomic E-state index is 0.127. The molecule has 1 heterocycles. The zero-order chi connectivity index (χ0) is 8.43. The van der Waals surface area contributed by atoms with E-state index >= 15 is 0 Å². The molecule has 0 saturated heterocycles. The van der Waals surface area contributed by atoms with Crippen molar-refractivity contribution in [3.8, 4) is 6.07 Å². The van der Waals surface area contributed by atoms with Crippen LogP contribution in [0.25, 0.3) is 0 Å². The molecule has 0 saturated carbocycles. The molecule has 1 aromatic rings. The first-order valence-electron chi connectivity index (χ1n) is 2.85. The number of nitrogens with zero attached hydrogens (tertiary/aromatic N) is 3. The highest BCUT2D eigenvalue weighted by atomic mass is 79.9. The Morgan fingerprint density at radius 2 is 2.18 bits per heavy atom. The van der Waals surface area contributed by atoms with Crippen molar-refractivity contribution in [2.24, 2.45) is 0 Å². The number of aromatic nitrogens is 2. The van der Waals surface area contributed by atoms with Crippen molar-refractivity contribution in [3.05, 3.63) is 15.9 Å². The van der Waals surface area contributed by atoms with Gasteiger partial charge in [0, 0.05) is 0 Å². The smallest absolute Gasteiger partial charge is 0.221 e. The highest BCUT2D eigenvalue weighted by Gasteiger charge is 2.05. The summed E-state index contributed by atoms with van der Waals surface area (Å²) in [6.07, 6.45) is 0. The summed E-state index contributed by atoms with van der Waals surface area (Å²) in [4.78, 5) is 7.56. The molecule has 0 amide bonds. The lowest BCUT2D eigenvalue weighted by Gasteiger charge is -1.98. The maximum atomic E-state index is 8.54. The van der Waals surface area contributed by atoms with Crippen molar-refractivity contribution in [3.63, 3.8) is 0 Å². The molecule has 4 nitrogen and oxygen atoms in total. The third-order valence-corrected chi connectivity index (χ3v) is 2.09. The minimum atomic E-state index is 0.127. The second-order valence-corrected chi connectivity index (χ2v) is 2.73. The number of halogens is 1. The van der Waals surface area contributed by atoms with Crippen LogP contribution in [0, 0.1) is 18.3 Å². The largest absolute Gasteiger partial charge is 0.368 e. The Kier molecular flexibility index (Phi) is 2.06. The van der Waals surface area contributed by atoms with Gasteiger partial charge in [-0.3, -0.25) is 0 Å². The number of nitrogen functional groups attached to an aromatic ring is 1. The van der Waals surface area contributed by atoms with Gasteiger partial charge in [0.05, 0.1) is 10.2 Å². The molecule has 1 rings (SSSR count). The van der Waals surface area contributed by atoms with Gasteiger partial charge in [-0.2, -0.15) is 5.26 Å². The maximum absolute atomic E-state index is 8.54. The van der Waals surface area contributed by atoms with E-state index in [9.17, 15) is 0 Å². The summed E-state index contributed by atoms with van der Waals surface area (Å²) in [7, 11) is 0. The SMILES string of the molecule is Cc1nc(N)nc(C#N)c1Br. The second-order valence-electron chi connectivity index (χ2n) is 1.94. The topological polar surface area (TPSA) is 75.6 Å². The van der Waals surface area contributed by atoms with Crippen molar-refractivity contribution in [1.29, 1.82) is 5.26 Å². The summed E-state index contributed by atoms with van der Waals surface area (Å²) in [5.74, 6) is 0.127. The highest BCUT2D eigenvalue weighted by molar-refractivity contribution is 9.10. The fraction of sp³-hybridized carbons (Fsp3) is 0.167. The van der Waals surface area contributed by atoms with Gasteiger partial charge in [0.1, 0.15) is 6.07 Å². The van der Waals surface area contributed by atoms with Gasteiger partial charge >= 0.3 is 0 Å². The third kappa shape index (κ3) is 1.46. The van der Waals surface area contributed by atoms with Crippen LogP contribution < -0.4 is 5.73 Å². The molecule has 5 heteroatoms. The fourth-order valence-corrected chi connectivity index (χ4v) is 0.921. The molecule has 0 bridgehead atoms. The first-order chi connectivity index (χ1) is 5.15. The third-order valence-electron chi connectivity index (χ3n) is 1.14. The van der Waals surface area contributed by atoms with Crippen LogP contribution in [0.15, 0.2) is 4.47 Å². The molecule has 56 valence electrons. The molecule has 0 unspecified atom stereocenters. The van der Waals surface area contributed by atoms with Crippen LogP contribution in [0.3, 0.4) is 0 Å². The number of nitriles is 1. The van der Waals surface area contributed by atoms with Gasteiger partial charge in [-0.15, -0.1) is 0 Å². The van der Waals surface area contributed by atoms with Crippen LogP contribution in [0.1, 0.15) is 11.4 Å².